The maximum Gasteiger partial charge on any atom is 0.335 e. The van der Waals surface area contributed by atoms with Crippen molar-refractivity contribution in [2.45, 2.75) is 6.42 Å². The molecule has 0 spiro atoms. The molecule has 1 aromatic rings. The molecule has 1 aromatic carbocycles. The zero-order chi connectivity index (χ0) is 15.1. The summed E-state index contributed by atoms with van der Waals surface area (Å²) < 4.78 is 0. The molecule has 0 atom stereocenters. The van der Waals surface area contributed by atoms with E-state index in [0.717, 1.165) is 31.1 Å². The van der Waals surface area contributed by atoms with Gasteiger partial charge in [0.25, 0.3) is 0 Å². The van der Waals surface area contributed by atoms with Crippen molar-refractivity contribution in [3.8, 4) is 0 Å². The smallest absolute Gasteiger partial charge is 0.335 e. The second-order valence-electron chi connectivity index (χ2n) is 4.94. The lowest BCUT2D eigenvalue weighted by atomic mass is 10.0. The average Bonchev–Trinajstić information content (AvgIpc) is 2.48. The van der Waals surface area contributed by atoms with Gasteiger partial charge in [-0.1, -0.05) is 18.2 Å². The molecule has 0 unspecified atom stereocenters. The summed E-state index contributed by atoms with van der Waals surface area (Å²) >= 11 is 1.96. The summed E-state index contributed by atoms with van der Waals surface area (Å²) in [5, 5.41) is 11.9. The largest absolute Gasteiger partial charge is 0.478 e. The highest BCUT2D eigenvalue weighted by atomic mass is 32.2. The number of benzene rings is 1. The first-order valence-electron chi connectivity index (χ1n) is 7.05. The van der Waals surface area contributed by atoms with Crippen LogP contribution in [0, 0.1) is 0 Å². The van der Waals surface area contributed by atoms with Crippen LogP contribution in [-0.2, 0) is 11.2 Å². The fourth-order valence-electron chi connectivity index (χ4n) is 2.30. The van der Waals surface area contributed by atoms with Crippen LogP contribution in [0.1, 0.15) is 15.9 Å². The Morgan fingerprint density at radius 1 is 1.24 bits per heavy atom. The molecule has 0 saturated carbocycles. The van der Waals surface area contributed by atoms with Gasteiger partial charge in [0.1, 0.15) is 0 Å². The lowest BCUT2D eigenvalue weighted by molar-refractivity contribution is -0.120. The van der Waals surface area contributed by atoms with Gasteiger partial charge in [0.05, 0.1) is 12.0 Å². The minimum Gasteiger partial charge on any atom is -0.478 e. The van der Waals surface area contributed by atoms with Crippen LogP contribution in [0.5, 0.6) is 0 Å². The average molecular weight is 308 g/mol. The summed E-state index contributed by atoms with van der Waals surface area (Å²) in [5.74, 6) is 1.18. The van der Waals surface area contributed by atoms with E-state index in [2.05, 4.69) is 10.2 Å². The zero-order valence-electron chi connectivity index (χ0n) is 11.9. The highest BCUT2D eigenvalue weighted by molar-refractivity contribution is 7.99. The summed E-state index contributed by atoms with van der Waals surface area (Å²) in [6.45, 7) is 3.61. The molecule has 2 N–H and O–H groups in total. The van der Waals surface area contributed by atoms with E-state index in [-0.39, 0.29) is 17.9 Å². The van der Waals surface area contributed by atoms with Crippen LogP contribution in [-0.4, -0.2) is 59.6 Å². The fraction of sp³-hybridized carbons (Fsp3) is 0.467. The molecule has 1 fully saturated rings. The summed E-state index contributed by atoms with van der Waals surface area (Å²) in [5.41, 5.74) is 0.748. The SMILES string of the molecule is O=C(Cc1ccccc1C(=O)O)NCCN1CCSCC1. The Hall–Kier alpha value is -1.53. The topological polar surface area (TPSA) is 69.6 Å². The Morgan fingerprint density at radius 2 is 1.95 bits per heavy atom. The van der Waals surface area contributed by atoms with Crippen LogP contribution in [0.4, 0.5) is 0 Å². The highest BCUT2D eigenvalue weighted by Gasteiger charge is 2.13. The van der Waals surface area contributed by atoms with Gasteiger partial charge in [-0.2, -0.15) is 11.8 Å². The third-order valence-corrected chi connectivity index (χ3v) is 4.40. The number of nitrogens with zero attached hydrogens (tertiary/aromatic N) is 1. The number of hydrogen-bond acceptors (Lipinski definition) is 4. The van der Waals surface area contributed by atoms with E-state index in [1.54, 1.807) is 18.2 Å². The molecule has 0 bridgehead atoms. The van der Waals surface area contributed by atoms with Crippen molar-refractivity contribution < 1.29 is 14.7 Å². The number of carboxylic acids is 1. The normalized spacial score (nSPS) is 15.6. The molecule has 6 heteroatoms. The van der Waals surface area contributed by atoms with Gasteiger partial charge < -0.3 is 10.4 Å². The summed E-state index contributed by atoms with van der Waals surface area (Å²) in [6.07, 6.45) is 0.109. The van der Waals surface area contributed by atoms with E-state index in [0.29, 0.717) is 12.1 Å². The van der Waals surface area contributed by atoms with Gasteiger partial charge in [-0.25, -0.2) is 4.79 Å². The molecule has 0 radical (unpaired) electrons. The van der Waals surface area contributed by atoms with Crippen molar-refractivity contribution in [2.75, 3.05) is 37.7 Å². The van der Waals surface area contributed by atoms with Crippen LogP contribution < -0.4 is 5.32 Å². The van der Waals surface area contributed by atoms with Crippen LogP contribution in [0.15, 0.2) is 24.3 Å². The molecule has 0 aromatic heterocycles. The maximum absolute atomic E-state index is 11.9. The van der Waals surface area contributed by atoms with E-state index in [1.807, 2.05) is 11.8 Å². The first kappa shape index (κ1) is 15.9. The molecule has 1 saturated heterocycles. The lowest BCUT2D eigenvalue weighted by Crippen LogP contribution is -2.39. The predicted molar refractivity (Wildman–Crippen MR) is 83.9 cm³/mol. The maximum atomic E-state index is 11.9. The third kappa shape index (κ3) is 5.06. The van der Waals surface area contributed by atoms with Gasteiger partial charge in [0.2, 0.25) is 5.91 Å². The second kappa shape index (κ2) is 8.05. The van der Waals surface area contributed by atoms with Crippen LogP contribution >= 0.6 is 11.8 Å². The van der Waals surface area contributed by atoms with Crippen molar-refractivity contribution >= 4 is 23.6 Å². The minimum absolute atomic E-state index is 0.109. The molecule has 1 heterocycles. The number of thioether (sulfide) groups is 1. The van der Waals surface area contributed by atoms with Gasteiger partial charge in [-0.05, 0) is 11.6 Å². The molecule has 2 rings (SSSR count). The second-order valence-corrected chi connectivity index (χ2v) is 6.17. The molecule has 1 aliphatic heterocycles. The van der Waals surface area contributed by atoms with Gasteiger partial charge in [-0.3, -0.25) is 9.69 Å². The highest BCUT2D eigenvalue weighted by Crippen LogP contribution is 2.10. The number of carbonyl (C=O) groups excluding carboxylic acids is 1. The van der Waals surface area contributed by atoms with Crippen molar-refractivity contribution in [1.82, 2.24) is 10.2 Å². The molecular formula is C15H20N2O3S. The summed E-state index contributed by atoms with van der Waals surface area (Å²) in [4.78, 5) is 25.3. The molecule has 21 heavy (non-hydrogen) atoms. The molecular weight excluding hydrogens is 288 g/mol. The van der Waals surface area contributed by atoms with E-state index >= 15 is 0 Å². The van der Waals surface area contributed by atoms with Gasteiger partial charge in [-0.15, -0.1) is 0 Å². The third-order valence-electron chi connectivity index (χ3n) is 3.45. The van der Waals surface area contributed by atoms with Crippen LogP contribution in [0.25, 0.3) is 0 Å². The number of rotatable bonds is 6. The molecule has 1 aliphatic rings. The predicted octanol–water partition coefficient (Wildman–Crippen LogP) is 1.09. The molecule has 5 nitrogen and oxygen atoms in total. The van der Waals surface area contributed by atoms with Gasteiger partial charge >= 0.3 is 5.97 Å². The number of carboxylic acid groups (broad SMARTS) is 1. The van der Waals surface area contributed by atoms with E-state index in [4.69, 9.17) is 5.11 Å². The Kier molecular flexibility index (Phi) is 6.07. The Morgan fingerprint density at radius 3 is 2.67 bits per heavy atom. The van der Waals surface area contributed by atoms with Gasteiger partial charge in [0, 0.05) is 37.7 Å². The van der Waals surface area contributed by atoms with Crippen LogP contribution in [0.2, 0.25) is 0 Å². The van der Waals surface area contributed by atoms with Crippen LogP contribution in [0.3, 0.4) is 0 Å². The fourth-order valence-corrected chi connectivity index (χ4v) is 3.28. The van der Waals surface area contributed by atoms with Gasteiger partial charge in [0.15, 0.2) is 0 Å². The quantitative estimate of drug-likeness (QED) is 0.823. The number of carbonyl (C=O) groups is 2. The van der Waals surface area contributed by atoms with Crippen molar-refractivity contribution in [3.63, 3.8) is 0 Å². The standard InChI is InChI=1S/C15H20N2O3S/c18-14(16-5-6-17-7-9-21-10-8-17)11-12-3-1-2-4-13(12)15(19)20/h1-4H,5-11H2,(H,16,18)(H,19,20). The Labute approximate surface area is 128 Å². The van der Waals surface area contributed by atoms with E-state index in [9.17, 15) is 9.59 Å². The van der Waals surface area contributed by atoms with Crippen molar-refractivity contribution in [2.24, 2.45) is 0 Å². The number of nitrogens with one attached hydrogen (secondary N) is 1. The number of amides is 1. The molecule has 1 amide bonds. The van der Waals surface area contributed by atoms with E-state index < -0.39 is 5.97 Å². The molecule has 0 aliphatic carbocycles. The first-order valence-corrected chi connectivity index (χ1v) is 8.20. The Bertz CT molecular complexity index is 501. The monoisotopic (exact) mass is 308 g/mol. The lowest BCUT2D eigenvalue weighted by Gasteiger charge is -2.26. The minimum atomic E-state index is -0.996. The Balaban J connectivity index is 1.78. The number of hydrogen-bond donors (Lipinski definition) is 2. The summed E-state index contributed by atoms with van der Waals surface area (Å²) in [6, 6.07) is 6.63. The molecule has 114 valence electrons. The zero-order valence-corrected chi connectivity index (χ0v) is 12.7. The first-order chi connectivity index (χ1) is 10.2. The van der Waals surface area contributed by atoms with Crippen molar-refractivity contribution in [3.05, 3.63) is 35.4 Å². The van der Waals surface area contributed by atoms with E-state index in [1.165, 1.54) is 6.07 Å². The van der Waals surface area contributed by atoms with Crippen molar-refractivity contribution in [1.29, 1.82) is 0 Å². The number of aromatic carboxylic acids is 1. The summed E-state index contributed by atoms with van der Waals surface area (Å²) in [7, 11) is 0.